The quantitative estimate of drug-likeness (QED) is 0.668. The van der Waals surface area contributed by atoms with Crippen molar-refractivity contribution in [1.29, 1.82) is 0 Å². The molecule has 0 aromatic heterocycles. The van der Waals surface area contributed by atoms with Crippen molar-refractivity contribution in [2.24, 2.45) is 23.0 Å². The molecule has 14 heavy (non-hydrogen) atoms. The van der Waals surface area contributed by atoms with Gasteiger partial charge >= 0.3 is 0 Å². The van der Waals surface area contributed by atoms with Gasteiger partial charge in [0.1, 0.15) is 0 Å². The summed E-state index contributed by atoms with van der Waals surface area (Å²) in [6, 6.07) is 0. The number of rotatable bonds is 6. The van der Waals surface area contributed by atoms with Crippen LogP contribution < -0.4 is 11.1 Å². The Balaban J connectivity index is 2.13. The minimum Gasteiger partial charge on any atom is -0.380 e. The Hall–Kier alpha value is -0.120. The van der Waals surface area contributed by atoms with Crippen molar-refractivity contribution in [3.8, 4) is 0 Å². The summed E-state index contributed by atoms with van der Waals surface area (Å²) in [4.78, 5) is 0. The van der Waals surface area contributed by atoms with Gasteiger partial charge in [0.25, 0.3) is 0 Å². The molecule has 0 aromatic rings. The highest BCUT2D eigenvalue weighted by atomic mass is 16.5. The van der Waals surface area contributed by atoms with Crippen molar-refractivity contribution < 1.29 is 4.74 Å². The lowest BCUT2D eigenvalue weighted by molar-refractivity contribution is -0.0993. The highest BCUT2D eigenvalue weighted by molar-refractivity contribution is 4.83. The Morgan fingerprint density at radius 1 is 1.43 bits per heavy atom. The fourth-order valence-electron chi connectivity index (χ4n) is 1.70. The lowest BCUT2D eigenvalue weighted by Crippen LogP contribution is -2.48. The molecule has 3 N–H and O–H groups in total. The lowest BCUT2D eigenvalue weighted by atomic mass is 9.88. The van der Waals surface area contributed by atoms with Crippen molar-refractivity contribution in [3.63, 3.8) is 0 Å². The van der Waals surface area contributed by atoms with Crippen LogP contribution in [-0.4, -0.2) is 32.8 Å². The molecule has 1 rings (SSSR count). The van der Waals surface area contributed by atoms with Crippen LogP contribution in [0.2, 0.25) is 0 Å². The maximum Gasteiger partial charge on any atom is 0.0554 e. The Kier molecular flexibility index (Phi) is 4.35. The van der Waals surface area contributed by atoms with Crippen molar-refractivity contribution in [2.75, 3.05) is 32.8 Å². The second-order valence-electron chi connectivity index (χ2n) is 5.17. The Labute approximate surface area is 87.4 Å². The van der Waals surface area contributed by atoms with Crippen LogP contribution in [0.1, 0.15) is 20.8 Å². The lowest BCUT2D eigenvalue weighted by Gasteiger charge is -2.38. The SMILES string of the molecule is CC(C)C(CN)CNCC1(C)COC1. The van der Waals surface area contributed by atoms with Gasteiger partial charge in [0.05, 0.1) is 13.2 Å². The zero-order chi connectivity index (χ0) is 10.6. The highest BCUT2D eigenvalue weighted by Crippen LogP contribution is 2.25. The van der Waals surface area contributed by atoms with Gasteiger partial charge in [-0.1, -0.05) is 20.8 Å². The average molecular weight is 200 g/mol. The van der Waals surface area contributed by atoms with E-state index < -0.39 is 0 Å². The first-order valence-corrected chi connectivity index (χ1v) is 5.56. The number of hydrogen-bond acceptors (Lipinski definition) is 3. The first-order valence-electron chi connectivity index (χ1n) is 5.56. The zero-order valence-electron chi connectivity index (χ0n) is 9.68. The van der Waals surface area contributed by atoms with Gasteiger partial charge in [-0.2, -0.15) is 0 Å². The van der Waals surface area contributed by atoms with Crippen molar-refractivity contribution >= 4 is 0 Å². The molecule has 1 atom stereocenters. The second kappa shape index (κ2) is 5.10. The fraction of sp³-hybridized carbons (Fsp3) is 1.00. The van der Waals surface area contributed by atoms with Gasteiger partial charge in [-0.15, -0.1) is 0 Å². The van der Waals surface area contributed by atoms with E-state index in [9.17, 15) is 0 Å². The van der Waals surface area contributed by atoms with Crippen LogP contribution in [0.25, 0.3) is 0 Å². The number of nitrogens with one attached hydrogen (secondary N) is 1. The summed E-state index contributed by atoms with van der Waals surface area (Å²) in [5.41, 5.74) is 6.08. The molecule has 84 valence electrons. The largest absolute Gasteiger partial charge is 0.380 e. The van der Waals surface area contributed by atoms with Crippen LogP contribution in [0.15, 0.2) is 0 Å². The van der Waals surface area contributed by atoms with Gasteiger partial charge in [-0.25, -0.2) is 0 Å². The summed E-state index contributed by atoms with van der Waals surface area (Å²) in [5, 5.41) is 3.50. The molecule has 0 aliphatic carbocycles. The van der Waals surface area contributed by atoms with Crippen LogP contribution in [0, 0.1) is 17.3 Å². The Morgan fingerprint density at radius 2 is 2.07 bits per heavy atom. The first-order chi connectivity index (χ1) is 6.57. The van der Waals surface area contributed by atoms with E-state index in [2.05, 4.69) is 26.1 Å². The topological polar surface area (TPSA) is 47.3 Å². The van der Waals surface area contributed by atoms with E-state index >= 15 is 0 Å². The summed E-state index contributed by atoms with van der Waals surface area (Å²) in [5.74, 6) is 1.26. The minimum atomic E-state index is 0.371. The van der Waals surface area contributed by atoms with Gasteiger partial charge in [0.15, 0.2) is 0 Å². The molecule has 1 aliphatic rings. The van der Waals surface area contributed by atoms with Crippen molar-refractivity contribution in [2.45, 2.75) is 20.8 Å². The van der Waals surface area contributed by atoms with E-state index in [1.807, 2.05) is 0 Å². The predicted octanol–water partition coefficient (Wildman–Crippen LogP) is 0.843. The Morgan fingerprint density at radius 3 is 2.43 bits per heavy atom. The number of nitrogens with two attached hydrogens (primary N) is 1. The van der Waals surface area contributed by atoms with Crippen molar-refractivity contribution in [3.05, 3.63) is 0 Å². The molecule has 1 fully saturated rings. The maximum atomic E-state index is 5.71. The molecule has 0 amide bonds. The number of hydrogen-bond donors (Lipinski definition) is 2. The molecule has 3 heteroatoms. The van der Waals surface area contributed by atoms with Crippen LogP contribution in [0.4, 0.5) is 0 Å². The molecule has 1 saturated heterocycles. The highest BCUT2D eigenvalue weighted by Gasteiger charge is 2.32. The van der Waals surface area contributed by atoms with E-state index in [4.69, 9.17) is 10.5 Å². The Bertz CT molecular complexity index is 167. The summed E-state index contributed by atoms with van der Waals surface area (Å²) < 4.78 is 5.20. The molecular formula is C11H24N2O. The van der Waals surface area contributed by atoms with E-state index in [-0.39, 0.29) is 0 Å². The molecule has 0 radical (unpaired) electrons. The zero-order valence-corrected chi connectivity index (χ0v) is 9.68. The van der Waals surface area contributed by atoms with Crippen LogP contribution in [0.5, 0.6) is 0 Å². The second-order valence-corrected chi connectivity index (χ2v) is 5.17. The van der Waals surface area contributed by atoms with Crippen LogP contribution in [0.3, 0.4) is 0 Å². The normalized spacial score (nSPS) is 22.1. The van der Waals surface area contributed by atoms with E-state index in [1.165, 1.54) is 0 Å². The summed E-state index contributed by atoms with van der Waals surface area (Å²) in [6.45, 7) is 11.4. The molecule has 3 nitrogen and oxygen atoms in total. The third kappa shape index (κ3) is 3.23. The van der Waals surface area contributed by atoms with Gasteiger partial charge in [-0.05, 0) is 24.9 Å². The first kappa shape index (κ1) is 12.0. The third-order valence-electron chi connectivity index (χ3n) is 3.10. The predicted molar refractivity (Wildman–Crippen MR) is 59.2 cm³/mol. The van der Waals surface area contributed by atoms with Gasteiger partial charge < -0.3 is 15.8 Å². The maximum absolute atomic E-state index is 5.71. The molecule has 0 spiro atoms. The summed E-state index contributed by atoms with van der Waals surface area (Å²) in [6.07, 6.45) is 0. The molecule has 0 bridgehead atoms. The molecule has 1 heterocycles. The standard InChI is InChI=1S/C11H24N2O/c1-9(2)10(4-12)5-13-6-11(3)7-14-8-11/h9-10,13H,4-8,12H2,1-3H3. The van der Waals surface area contributed by atoms with Crippen LogP contribution >= 0.6 is 0 Å². The minimum absolute atomic E-state index is 0.371. The van der Waals surface area contributed by atoms with E-state index in [1.54, 1.807) is 0 Å². The summed E-state index contributed by atoms with van der Waals surface area (Å²) >= 11 is 0. The number of ether oxygens (including phenoxy) is 1. The van der Waals surface area contributed by atoms with E-state index in [0.29, 0.717) is 17.3 Å². The monoisotopic (exact) mass is 200 g/mol. The fourth-order valence-corrected chi connectivity index (χ4v) is 1.70. The molecule has 0 saturated carbocycles. The molecule has 1 aliphatic heterocycles. The van der Waals surface area contributed by atoms with Gasteiger partial charge in [0.2, 0.25) is 0 Å². The van der Waals surface area contributed by atoms with E-state index in [0.717, 1.165) is 32.8 Å². The molecule has 1 unspecified atom stereocenters. The third-order valence-corrected chi connectivity index (χ3v) is 3.10. The molecule has 0 aromatic carbocycles. The van der Waals surface area contributed by atoms with Crippen LogP contribution in [-0.2, 0) is 4.74 Å². The average Bonchev–Trinajstić information content (AvgIpc) is 2.09. The van der Waals surface area contributed by atoms with Gasteiger partial charge in [-0.3, -0.25) is 0 Å². The molecular weight excluding hydrogens is 176 g/mol. The van der Waals surface area contributed by atoms with Crippen molar-refractivity contribution in [1.82, 2.24) is 5.32 Å². The summed E-state index contributed by atoms with van der Waals surface area (Å²) in [7, 11) is 0. The smallest absolute Gasteiger partial charge is 0.0554 e. The van der Waals surface area contributed by atoms with Gasteiger partial charge in [0, 0.05) is 12.0 Å².